The number of hydrogen-bond acceptors (Lipinski definition) is 2. The zero-order chi connectivity index (χ0) is 11.4. The van der Waals surface area contributed by atoms with Crippen LogP contribution in [0.3, 0.4) is 0 Å². The molecule has 82 valence electrons. The van der Waals surface area contributed by atoms with Gasteiger partial charge in [0.05, 0.1) is 5.92 Å². The van der Waals surface area contributed by atoms with Gasteiger partial charge >= 0.3 is 5.97 Å². The van der Waals surface area contributed by atoms with Gasteiger partial charge in [-0.25, -0.2) is 0 Å². The Balaban J connectivity index is 2.65. The van der Waals surface area contributed by atoms with Crippen molar-refractivity contribution in [2.24, 2.45) is 5.92 Å². The van der Waals surface area contributed by atoms with Gasteiger partial charge in [-0.2, -0.15) is 0 Å². The molecule has 4 heteroatoms. The van der Waals surface area contributed by atoms with Gasteiger partial charge in [0, 0.05) is 4.47 Å². The van der Waals surface area contributed by atoms with Crippen LogP contribution in [0.5, 0.6) is 5.75 Å². The monoisotopic (exact) mass is 272 g/mol. The van der Waals surface area contributed by atoms with Crippen LogP contribution in [0.15, 0.2) is 22.7 Å². The van der Waals surface area contributed by atoms with Crippen LogP contribution in [0.4, 0.5) is 0 Å². The summed E-state index contributed by atoms with van der Waals surface area (Å²) in [4.78, 5) is 10.6. The van der Waals surface area contributed by atoms with Crippen LogP contribution in [-0.2, 0) is 11.2 Å². The number of aromatic hydroxyl groups is 1. The molecule has 1 aromatic rings. The number of rotatable bonds is 4. The zero-order valence-electron chi connectivity index (χ0n) is 8.40. The van der Waals surface area contributed by atoms with Crippen LogP contribution in [0.1, 0.15) is 18.9 Å². The Morgan fingerprint density at radius 2 is 2.20 bits per heavy atom. The lowest BCUT2D eigenvalue weighted by Gasteiger charge is -2.08. The molecule has 0 aliphatic carbocycles. The molecule has 1 rings (SSSR count). The lowest BCUT2D eigenvalue weighted by atomic mass is 10.0. The summed E-state index contributed by atoms with van der Waals surface area (Å²) in [5.74, 6) is -0.943. The predicted octanol–water partition coefficient (Wildman–Crippen LogP) is 2.81. The standard InChI is InChI=1S/C11H13BrO3/c1-7(11(14)15)2-3-8-6-9(13)4-5-10(8)12/h4-7,13H,2-3H2,1H3,(H,14,15). The fourth-order valence-electron chi connectivity index (χ4n) is 1.25. The van der Waals surface area contributed by atoms with E-state index in [2.05, 4.69) is 15.9 Å². The minimum absolute atomic E-state index is 0.205. The summed E-state index contributed by atoms with van der Waals surface area (Å²) in [7, 11) is 0. The smallest absolute Gasteiger partial charge is 0.306 e. The van der Waals surface area contributed by atoms with E-state index >= 15 is 0 Å². The third-order valence-corrected chi connectivity index (χ3v) is 3.07. The third kappa shape index (κ3) is 3.55. The molecule has 0 spiro atoms. The first-order valence-electron chi connectivity index (χ1n) is 4.71. The summed E-state index contributed by atoms with van der Waals surface area (Å²) in [6.07, 6.45) is 1.21. The summed E-state index contributed by atoms with van der Waals surface area (Å²) >= 11 is 3.36. The second kappa shape index (κ2) is 5.16. The largest absolute Gasteiger partial charge is 0.508 e. The first kappa shape index (κ1) is 12.0. The highest BCUT2D eigenvalue weighted by Gasteiger charge is 2.11. The van der Waals surface area contributed by atoms with Gasteiger partial charge in [-0.1, -0.05) is 22.9 Å². The molecule has 0 heterocycles. The highest BCUT2D eigenvalue weighted by Crippen LogP contribution is 2.23. The second-order valence-corrected chi connectivity index (χ2v) is 4.41. The summed E-state index contributed by atoms with van der Waals surface area (Å²) < 4.78 is 0.901. The molecule has 1 atom stereocenters. The van der Waals surface area contributed by atoms with Crippen molar-refractivity contribution < 1.29 is 15.0 Å². The maximum atomic E-state index is 10.6. The first-order valence-corrected chi connectivity index (χ1v) is 5.50. The number of hydrogen-bond donors (Lipinski definition) is 2. The van der Waals surface area contributed by atoms with E-state index in [1.54, 1.807) is 25.1 Å². The molecule has 3 nitrogen and oxygen atoms in total. The van der Waals surface area contributed by atoms with Crippen molar-refractivity contribution in [1.82, 2.24) is 0 Å². The number of phenols is 1. The van der Waals surface area contributed by atoms with E-state index in [9.17, 15) is 9.90 Å². The molecule has 15 heavy (non-hydrogen) atoms. The van der Waals surface area contributed by atoms with Crippen molar-refractivity contribution in [3.8, 4) is 5.75 Å². The summed E-state index contributed by atoms with van der Waals surface area (Å²) in [5.41, 5.74) is 0.933. The summed E-state index contributed by atoms with van der Waals surface area (Å²) in [6.45, 7) is 1.68. The van der Waals surface area contributed by atoms with E-state index in [0.717, 1.165) is 10.0 Å². The Morgan fingerprint density at radius 3 is 2.80 bits per heavy atom. The van der Waals surface area contributed by atoms with E-state index in [-0.39, 0.29) is 11.7 Å². The number of aryl methyl sites for hydroxylation is 1. The van der Waals surface area contributed by atoms with E-state index < -0.39 is 5.97 Å². The van der Waals surface area contributed by atoms with Crippen LogP contribution in [0, 0.1) is 5.92 Å². The van der Waals surface area contributed by atoms with Crippen LogP contribution >= 0.6 is 15.9 Å². The molecule has 0 aliphatic heterocycles. The van der Waals surface area contributed by atoms with E-state index in [1.807, 2.05) is 0 Å². The SMILES string of the molecule is CC(CCc1cc(O)ccc1Br)C(=O)O. The molecular weight excluding hydrogens is 260 g/mol. The van der Waals surface area contributed by atoms with Crippen LogP contribution in [0.25, 0.3) is 0 Å². The Morgan fingerprint density at radius 1 is 1.53 bits per heavy atom. The molecule has 0 saturated heterocycles. The van der Waals surface area contributed by atoms with Crippen LogP contribution in [0.2, 0.25) is 0 Å². The number of carboxylic acids is 1. The molecule has 0 amide bonds. The Labute approximate surface area is 96.9 Å². The van der Waals surface area contributed by atoms with E-state index in [0.29, 0.717) is 12.8 Å². The number of benzene rings is 1. The molecular formula is C11H13BrO3. The molecule has 2 N–H and O–H groups in total. The Kier molecular flexibility index (Phi) is 4.15. The van der Waals surface area contributed by atoms with Gasteiger partial charge < -0.3 is 10.2 Å². The second-order valence-electron chi connectivity index (χ2n) is 3.55. The molecule has 0 aliphatic rings. The minimum atomic E-state index is -0.786. The molecule has 0 saturated carbocycles. The van der Waals surface area contributed by atoms with Gasteiger partial charge in [-0.15, -0.1) is 0 Å². The van der Waals surface area contributed by atoms with Crippen molar-refractivity contribution in [3.05, 3.63) is 28.2 Å². The summed E-state index contributed by atoms with van der Waals surface area (Å²) in [5, 5.41) is 18.0. The zero-order valence-corrected chi connectivity index (χ0v) is 9.99. The maximum Gasteiger partial charge on any atom is 0.306 e. The fraction of sp³-hybridized carbons (Fsp3) is 0.364. The normalized spacial score (nSPS) is 12.4. The average Bonchev–Trinajstić information content (AvgIpc) is 2.18. The number of aliphatic carboxylic acids is 1. The molecule has 1 aromatic carbocycles. The quantitative estimate of drug-likeness (QED) is 0.886. The van der Waals surface area contributed by atoms with Gasteiger partial charge in [0.1, 0.15) is 5.75 Å². The van der Waals surface area contributed by atoms with Gasteiger partial charge in [0.2, 0.25) is 0 Å². The average molecular weight is 273 g/mol. The highest BCUT2D eigenvalue weighted by atomic mass is 79.9. The topological polar surface area (TPSA) is 57.5 Å². The van der Waals surface area contributed by atoms with Crippen LogP contribution < -0.4 is 0 Å². The van der Waals surface area contributed by atoms with E-state index in [4.69, 9.17) is 5.11 Å². The first-order chi connectivity index (χ1) is 7.00. The molecule has 1 unspecified atom stereocenters. The number of carboxylic acid groups (broad SMARTS) is 1. The maximum absolute atomic E-state index is 10.6. The van der Waals surface area contributed by atoms with Crippen molar-refractivity contribution in [2.45, 2.75) is 19.8 Å². The van der Waals surface area contributed by atoms with Crippen molar-refractivity contribution in [3.63, 3.8) is 0 Å². The minimum Gasteiger partial charge on any atom is -0.508 e. The third-order valence-electron chi connectivity index (χ3n) is 2.30. The molecule has 0 aromatic heterocycles. The number of halogens is 1. The Bertz CT molecular complexity index is 363. The van der Waals surface area contributed by atoms with Crippen molar-refractivity contribution in [2.75, 3.05) is 0 Å². The lowest BCUT2D eigenvalue weighted by Crippen LogP contribution is -2.10. The lowest BCUT2D eigenvalue weighted by molar-refractivity contribution is -0.141. The van der Waals surface area contributed by atoms with Gasteiger partial charge in [-0.05, 0) is 36.6 Å². The molecule has 0 fully saturated rings. The number of carbonyl (C=O) groups is 1. The molecule has 0 bridgehead atoms. The Hall–Kier alpha value is -1.03. The van der Waals surface area contributed by atoms with Crippen molar-refractivity contribution in [1.29, 1.82) is 0 Å². The van der Waals surface area contributed by atoms with Gasteiger partial charge in [0.25, 0.3) is 0 Å². The van der Waals surface area contributed by atoms with Crippen LogP contribution in [-0.4, -0.2) is 16.2 Å². The number of phenolic OH excluding ortho intramolecular Hbond substituents is 1. The predicted molar refractivity (Wildman–Crippen MR) is 60.9 cm³/mol. The molecule has 0 radical (unpaired) electrons. The summed E-state index contributed by atoms with van der Waals surface area (Å²) in [6, 6.07) is 5.00. The van der Waals surface area contributed by atoms with Gasteiger partial charge in [0.15, 0.2) is 0 Å². The fourth-order valence-corrected chi connectivity index (χ4v) is 1.69. The highest BCUT2D eigenvalue weighted by molar-refractivity contribution is 9.10. The van der Waals surface area contributed by atoms with Gasteiger partial charge in [-0.3, -0.25) is 4.79 Å². The van der Waals surface area contributed by atoms with Crippen molar-refractivity contribution >= 4 is 21.9 Å². The van der Waals surface area contributed by atoms with E-state index in [1.165, 1.54) is 0 Å².